The van der Waals surface area contributed by atoms with Gasteiger partial charge in [0.1, 0.15) is 12.3 Å². The summed E-state index contributed by atoms with van der Waals surface area (Å²) in [5.74, 6) is -0.390. The summed E-state index contributed by atoms with van der Waals surface area (Å²) in [4.78, 5) is 14.8. The average Bonchev–Trinajstić information content (AvgIpc) is 3.20. The van der Waals surface area contributed by atoms with Gasteiger partial charge in [-0.1, -0.05) is 11.6 Å². The third kappa shape index (κ3) is 3.72. The Balaban J connectivity index is 1.56. The van der Waals surface area contributed by atoms with Crippen LogP contribution in [0.15, 0.2) is 59.3 Å². The molecule has 3 heterocycles. The first-order chi connectivity index (χ1) is 13.6. The van der Waals surface area contributed by atoms with Crippen molar-refractivity contribution in [1.29, 1.82) is 0 Å². The van der Waals surface area contributed by atoms with Gasteiger partial charge in [-0.2, -0.15) is 0 Å². The molecule has 0 aliphatic rings. The monoisotopic (exact) mass is 396 g/mol. The van der Waals surface area contributed by atoms with Gasteiger partial charge >= 0.3 is 5.97 Å². The number of nitrogens with zero attached hydrogens (tertiary/aromatic N) is 3. The van der Waals surface area contributed by atoms with Crippen LogP contribution in [0.1, 0.15) is 16.1 Å². The number of ether oxygens (including phenoxy) is 1. The lowest BCUT2D eigenvalue weighted by Crippen LogP contribution is -2.04. The number of furan rings is 1. The van der Waals surface area contributed by atoms with Crippen LogP contribution in [-0.4, -0.2) is 26.3 Å². The lowest BCUT2D eigenvalue weighted by molar-refractivity contribution is 0.0690. The van der Waals surface area contributed by atoms with Crippen LogP contribution in [0.5, 0.6) is 5.88 Å². The molecule has 8 nitrogen and oxygen atoms in total. The largest absolute Gasteiger partial charge is 0.477 e. The highest BCUT2D eigenvalue weighted by Gasteiger charge is 2.14. The summed E-state index contributed by atoms with van der Waals surface area (Å²) >= 11 is 5.90. The number of carboxylic acid groups (broad SMARTS) is 1. The molecular weight excluding hydrogens is 384 g/mol. The molecule has 3 aromatic heterocycles. The molecule has 0 fully saturated rings. The maximum Gasteiger partial charge on any atom is 0.354 e. The van der Waals surface area contributed by atoms with Crippen molar-refractivity contribution in [3.8, 4) is 5.88 Å². The van der Waals surface area contributed by atoms with Crippen molar-refractivity contribution in [2.24, 2.45) is 0 Å². The normalized spacial score (nSPS) is 10.8. The Morgan fingerprint density at radius 3 is 2.79 bits per heavy atom. The number of fused-ring (bicyclic) bond motifs is 1. The van der Waals surface area contributed by atoms with Crippen molar-refractivity contribution in [3.63, 3.8) is 0 Å². The number of pyridine rings is 1. The number of anilines is 2. The topological polar surface area (TPSA) is 110 Å². The Hall–Kier alpha value is -3.65. The molecule has 0 amide bonds. The lowest BCUT2D eigenvalue weighted by Gasteiger charge is -2.09. The quantitative estimate of drug-likeness (QED) is 0.496. The standard InChI is InChI=1S/C19H13ClN4O4/c20-12-1-3-13(4-2-12)22-17-14-6-8-27-16(14)18(24-23-17)28-10-11-5-7-21-15(9-11)19(25)26/h1-9H,10H2,(H,22,23)(H,25,26). The maximum absolute atomic E-state index is 11.0. The summed E-state index contributed by atoms with van der Waals surface area (Å²) in [7, 11) is 0. The summed E-state index contributed by atoms with van der Waals surface area (Å²) in [6, 6.07) is 12.0. The predicted octanol–water partition coefficient (Wildman–Crippen LogP) is 4.29. The third-order valence-electron chi connectivity index (χ3n) is 3.88. The molecule has 9 heteroatoms. The highest BCUT2D eigenvalue weighted by atomic mass is 35.5. The van der Waals surface area contributed by atoms with Crippen molar-refractivity contribution in [2.75, 3.05) is 5.32 Å². The second-order valence-electron chi connectivity index (χ2n) is 5.79. The van der Waals surface area contributed by atoms with E-state index in [-0.39, 0.29) is 18.2 Å². The average molecular weight is 397 g/mol. The first-order valence-electron chi connectivity index (χ1n) is 8.17. The van der Waals surface area contributed by atoms with Crippen LogP contribution in [0.3, 0.4) is 0 Å². The molecule has 0 spiro atoms. The molecule has 0 aliphatic heterocycles. The fourth-order valence-electron chi connectivity index (χ4n) is 2.55. The number of halogens is 1. The molecule has 4 rings (SSSR count). The van der Waals surface area contributed by atoms with Crippen molar-refractivity contribution >= 4 is 40.0 Å². The molecule has 0 aliphatic carbocycles. The number of benzene rings is 1. The summed E-state index contributed by atoms with van der Waals surface area (Å²) < 4.78 is 11.2. The van der Waals surface area contributed by atoms with Crippen molar-refractivity contribution in [3.05, 3.63) is 71.2 Å². The number of carboxylic acids is 1. The van der Waals surface area contributed by atoms with Crippen LogP contribution in [0.2, 0.25) is 5.02 Å². The van der Waals surface area contributed by atoms with Gasteiger partial charge in [-0.05, 0) is 48.0 Å². The van der Waals surface area contributed by atoms with E-state index in [9.17, 15) is 4.79 Å². The number of carbonyl (C=O) groups is 1. The Labute approximate surface area is 163 Å². The van der Waals surface area contributed by atoms with Gasteiger partial charge in [-0.3, -0.25) is 0 Å². The Kier molecular flexibility index (Phi) is 4.77. The van der Waals surface area contributed by atoms with E-state index in [0.29, 0.717) is 27.4 Å². The molecular formula is C19H13ClN4O4. The van der Waals surface area contributed by atoms with Gasteiger partial charge in [0.25, 0.3) is 5.88 Å². The molecule has 28 heavy (non-hydrogen) atoms. The number of aromatic nitrogens is 3. The summed E-state index contributed by atoms with van der Waals surface area (Å²) in [6.07, 6.45) is 2.93. The SMILES string of the molecule is O=C(O)c1cc(COc2nnc(Nc3ccc(Cl)cc3)c3ccoc23)ccn1. The van der Waals surface area contributed by atoms with E-state index >= 15 is 0 Å². The van der Waals surface area contributed by atoms with Gasteiger partial charge < -0.3 is 19.6 Å². The van der Waals surface area contributed by atoms with E-state index in [1.165, 1.54) is 18.5 Å². The van der Waals surface area contributed by atoms with Gasteiger partial charge in [-0.25, -0.2) is 9.78 Å². The zero-order chi connectivity index (χ0) is 19.5. The van der Waals surface area contributed by atoms with Crippen LogP contribution < -0.4 is 10.1 Å². The highest BCUT2D eigenvalue weighted by molar-refractivity contribution is 6.30. The van der Waals surface area contributed by atoms with Gasteiger partial charge in [0, 0.05) is 16.9 Å². The van der Waals surface area contributed by atoms with E-state index in [4.69, 9.17) is 25.9 Å². The van der Waals surface area contributed by atoms with E-state index in [0.717, 1.165) is 5.69 Å². The first kappa shape index (κ1) is 17.7. The molecule has 4 aromatic rings. The number of hydrogen-bond acceptors (Lipinski definition) is 7. The second kappa shape index (κ2) is 7.53. The smallest absolute Gasteiger partial charge is 0.354 e. The fourth-order valence-corrected chi connectivity index (χ4v) is 2.67. The number of rotatable bonds is 6. The van der Waals surface area contributed by atoms with Crippen LogP contribution in [0.25, 0.3) is 11.0 Å². The molecule has 0 bridgehead atoms. The lowest BCUT2D eigenvalue weighted by atomic mass is 10.2. The first-order valence-corrected chi connectivity index (χ1v) is 8.55. The minimum atomic E-state index is -1.10. The van der Waals surface area contributed by atoms with Gasteiger partial charge in [0.05, 0.1) is 11.6 Å². The van der Waals surface area contributed by atoms with E-state index in [2.05, 4.69) is 20.5 Å². The zero-order valence-electron chi connectivity index (χ0n) is 14.3. The zero-order valence-corrected chi connectivity index (χ0v) is 15.1. The van der Waals surface area contributed by atoms with Gasteiger partial charge in [0.2, 0.25) is 5.58 Å². The summed E-state index contributed by atoms with van der Waals surface area (Å²) in [5.41, 5.74) is 1.81. The summed E-state index contributed by atoms with van der Waals surface area (Å²) in [6.45, 7) is 0.0945. The van der Waals surface area contributed by atoms with Crippen LogP contribution in [-0.2, 0) is 6.61 Å². The summed E-state index contributed by atoms with van der Waals surface area (Å²) in [5, 5.41) is 21.8. The minimum absolute atomic E-state index is 0.0576. The fraction of sp³-hybridized carbons (Fsp3) is 0.0526. The Bertz CT molecular complexity index is 1140. The Morgan fingerprint density at radius 1 is 1.18 bits per heavy atom. The van der Waals surface area contributed by atoms with Crippen molar-refractivity contribution in [2.45, 2.75) is 6.61 Å². The highest BCUT2D eigenvalue weighted by Crippen LogP contribution is 2.31. The van der Waals surface area contributed by atoms with Crippen molar-refractivity contribution < 1.29 is 19.1 Å². The molecule has 0 atom stereocenters. The van der Waals surface area contributed by atoms with Gasteiger partial charge in [-0.15, -0.1) is 10.2 Å². The molecule has 0 saturated heterocycles. The molecule has 0 radical (unpaired) electrons. The maximum atomic E-state index is 11.0. The molecule has 140 valence electrons. The Morgan fingerprint density at radius 2 is 2.00 bits per heavy atom. The van der Waals surface area contributed by atoms with Gasteiger partial charge in [0.15, 0.2) is 5.82 Å². The number of hydrogen-bond donors (Lipinski definition) is 2. The van der Waals surface area contributed by atoms with Crippen LogP contribution in [0, 0.1) is 0 Å². The van der Waals surface area contributed by atoms with E-state index < -0.39 is 5.97 Å². The van der Waals surface area contributed by atoms with Crippen LogP contribution in [0.4, 0.5) is 11.5 Å². The molecule has 0 unspecified atom stereocenters. The molecule has 2 N–H and O–H groups in total. The minimum Gasteiger partial charge on any atom is -0.477 e. The van der Waals surface area contributed by atoms with E-state index in [1.807, 2.05) is 12.1 Å². The van der Waals surface area contributed by atoms with Crippen LogP contribution >= 0.6 is 11.6 Å². The van der Waals surface area contributed by atoms with Crippen molar-refractivity contribution in [1.82, 2.24) is 15.2 Å². The molecule has 1 aromatic carbocycles. The number of nitrogens with one attached hydrogen (secondary N) is 1. The predicted molar refractivity (Wildman–Crippen MR) is 102 cm³/mol. The third-order valence-corrected chi connectivity index (χ3v) is 4.13. The molecule has 0 saturated carbocycles. The van der Waals surface area contributed by atoms with E-state index in [1.54, 1.807) is 24.3 Å². The second-order valence-corrected chi connectivity index (χ2v) is 6.23. The number of aromatic carboxylic acids is 1.